The van der Waals surface area contributed by atoms with Crippen molar-refractivity contribution in [2.75, 3.05) is 5.32 Å². The van der Waals surface area contributed by atoms with Crippen LogP contribution < -0.4 is 5.32 Å². The topological polar surface area (TPSA) is 46.2 Å². The van der Waals surface area contributed by atoms with Gasteiger partial charge in [-0.05, 0) is 6.07 Å². The Kier molecular flexibility index (Phi) is 4.10. The predicted molar refractivity (Wildman–Crippen MR) is 102 cm³/mol. The Labute approximate surface area is 162 Å². The van der Waals surface area contributed by atoms with Crippen LogP contribution in [0.2, 0.25) is 9.36 Å². The Hall–Kier alpha value is -2.21. The average molecular weight is 406 g/mol. The van der Waals surface area contributed by atoms with Crippen molar-refractivity contribution in [3.8, 4) is 11.1 Å². The maximum absolute atomic E-state index is 15.7. The van der Waals surface area contributed by atoms with Gasteiger partial charge in [-0.2, -0.15) is 0 Å². The first-order chi connectivity index (χ1) is 12.4. The summed E-state index contributed by atoms with van der Waals surface area (Å²) in [5, 5.41) is 3.09. The predicted octanol–water partition coefficient (Wildman–Crippen LogP) is 5.72. The van der Waals surface area contributed by atoms with Crippen LogP contribution in [-0.4, -0.2) is 11.7 Å². The average Bonchev–Trinajstić information content (AvgIpc) is 2.96. The van der Waals surface area contributed by atoms with E-state index in [1.165, 1.54) is 12.1 Å². The summed E-state index contributed by atoms with van der Waals surface area (Å²) in [7, 11) is 0. The van der Waals surface area contributed by atoms with Crippen molar-refractivity contribution in [1.82, 2.24) is 0 Å². The highest BCUT2D eigenvalue weighted by atomic mass is 35.5. The standard InChI is InChI=1S/C19H10Cl2FNO2S/c20-12-9-5-4-8-11(12)13-14-15(24)19(22,10-6-2-1-3-7-10)18(25)23-17(14)26-16(13)21/h1-9H,(H,23,25). The van der Waals surface area contributed by atoms with Gasteiger partial charge in [0.15, 0.2) is 0 Å². The number of benzene rings is 2. The summed E-state index contributed by atoms with van der Waals surface area (Å²) in [4.78, 5) is 25.6. The number of Topliss-reactive ketones (excluding diaryl/α,β-unsaturated/α-hetero) is 1. The lowest BCUT2D eigenvalue weighted by molar-refractivity contribution is -0.125. The fraction of sp³-hybridized carbons (Fsp3) is 0.0526. The first kappa shape index (κ1) is 17.2. The molecular formula is C19H10Cl2FNO2S. The number of carbonyl (C=O) groups is 2. The maximum atomic E-state index is 15.7. The molecule has 3 nitrogen and oxygen atoms in total. The molecule has 0 spiro atoms. The van der Waals surface area contributed by atoms with Gasteiger partial charge in [0, 0.05) is 21.7 Å². The molecule has 0 radical (unpaired) electrons. The molecule has 0 saturated carbocycles. The number of ketones is 1. The highest BCUT2D eigenvalue weighted by molar-refractivity contribution is 7.21. The number of halogens is 3. The molecule has 2 aromatic carbocycles. The zero-order valence-electron chi connectivity index (χ0n) is 13.1. The minimum Gasteiger partial charge on any atom is -0.313 e. The van der Waals surface area contributed by atoms with Gasteiger partial charge >= 0.3 is 0 Å². The number of anilines is 1. The van der Waals surface area contributed by atoms with Crippen molar-refractivity contribution in [2.24, 2.45) is 0 Å². The van der Waals surface area contributed by atoms with Gasteiger partial charge in [-0.1, -0.05) is 71.7 Å². The summed E-state index contributed by atoms with van der Waals surface area (Å²) in [5.74, 6) is -1.97. The zero-order valence-corrected chi connectivity index (χ0v) is 15.4. The molecule has 2 heterocycles. The van der Waals surface area contributed by atoms with Crippen LogP contribution in [0.4, 0.5) is 9.39 Å². The Morgan fingerprint density at radius 3 is 2.27 bits per heavy atom. The molecule has 0 aliphatic carbocycles. The Balaban J connectivity index is 1.97. The molecular weight excluding hydrogens is 396 g/mol. The van der Waals surface area contributed by atoms with Crippen LogP contribution in [0, 0.1) is 0 Å². The van der Waals surface area contributed by atoms with Gasteiger partial charge in [0.2, 0.25) is 5.78 Å². The third-order valence-corrected chi connectivity index (χ3v) is 5.90. The lowest BCUT2D eigenvalue weighted by atomic mass is 9.83. The molecule has 0 fully saturated rings. The van der Waals surface area contributed by atoms with Crippen molar-refractivity contribution >= 4 is 51.2 Å². The van der Waals surface area contributed by atoms with E-state index in [-0.39, 0.29) is 20.5 Å². The van der Waals surface area contributed by atoms with Crippen LogP contribution >= 0.6 is 34.5 Å². The molecule has 7 heteroatoms. The molecule has 0 saturated heterocycles. The number of hydrogen-bond acceptors (Lipinski definition) is 3. The molecule has 1 unspecified atom stereocenters. The fourth-order valence-electron chi connectivity index (χ4n) is 3.01. The number of amides is 1. The first-order valence-corrected chi connectivity index (χ1v) is 9.19. The molecule has 1 amide bonds. The molecule has 1 atom stereocenters. The highest BCUT2D eigenvalue weighted by Crippen LogP contribution is 2.50. The van der Waals surface area contributed by atoms with Crippen molar-refractivity contribution in [3.05, 3.63) is 75.1 Å². The van der Waals surface area contributed by atoms with Crippen LogP contribution in [0.3, 0.4) is 0 Å². The van der Waals surface area contributed by atoms with Crippen LogP contribution in [0.1, 0.15) is 15.9 Å². The summed E-state index contributed by atoms with van der Waals surface area (Å²) in [6, 6.07) is 14.5. The van der Waals surface area contributed by atoms with E-state index < -0.39 is 17.4 Å². The van der Waals surface area contributed by atoms with Gasteiger partial charge < -0.3 is 5.32 Å². The first-order valence-electron chi connectivity index (χ1n) is 7.62. The van der Waals surface area contributed by atoms with E-state index in [4.69, 9.17) is 23.2 Å². The number of hydrogen-bond donors (Lipinski definition) is 1. The maximum Gasteiger partial charge on any atom is 0.275 e. The van der Waals surface area contributed by atoms with E-state index in [2.05, 4.69) is 5.32 Å². The van der Waals surface area contributed by atoms with E-state index in [9.17, 15) is 9.59 Å². The van der Waals surface area contributed by atoms with Crippen molar-refractivity contribution in [3.63, 3.8) is 0 Å². The largest absolute Gasteiger partial charge is 0.313 e. The number of carbonyl (C=O) groups excluding carboxylic acids is 2. The smallest absolute Gasteiger partial charge is 0.275 e. The third kappa shape index (κ3) is 2.39. The third-order valence-electron chi connectivity index (χ3n) is 4.26. The summed E-state index contributed by atoms with van der Waals surface area (Å²) >= 11 is 13.6. The minimum absolute atomic E-state index is 0.0272. The van der Waals surface area contributed by atoms with E-state index in [0.717, 1.165) is 11.3 Å². The summed E-state index contributed by atoms with van der Waals surface area (Å²) in [6.07, 6.45) is 0. The van der Waals surface area contributed by atoms with Crippen molar-refractivity contribution in [2.45, 2.75) is 5.67 Å². The molecule has 1 N–H and O–H groups in total. The summed E-state index contributed by atoms with van der Waals surface area (Å²) < 4.78 is 16.0. The minimum atomic E-state index is -2.82. The number of fused-ring (bicyclic) bond motifs is 1. The summed E-state index contributed by atoms with van der Waals surface area (Å²) in [6.45, 7) is 0. The van der Waals surface area contributed by atoms with Gasteiger partial charge in [-0.25, -0.2) is 4.39 Å². The summed E-state index contributed by atoms with van der Waals surface area (Å²) in [5.41, 5.74) is -1.97. The second kappa shape index (κ2) is 6.20. The van der Waals surface area contributed by atoms with Crippen LogP contribution in [0.25, 0.3) is 11.1 Å². The lowest BCUT2D eigenvalue weighted by Gasteiger charge is -2.28. The number of thiophene rings is 1. The molecule has 4 rings (SSSR count). The van der Waals surface area contributed by atoms with Crippen molar-refractivity contribution in [1.29, 1.82) is 0 Å². The normalized spacial score (nSPS) is 19.2. The molecule has 1 aliphatic heterocycles. The van der Waals surface area contributed by atoms with Crippen LogP contribution in [-0.2, 0) is 10.5 Å². The molecule has 26 heavy (non-hydrogen) atoms. The molecule has 0 bridgehead atoms. The molecule has 3 aromatic rings. The quantitative estimate of drug-likeness (QED) is 0.553. The number of alkyl halides is 1. The Morgan fingerprint density at radius 2 is 1.58 bits per heavy atom. The number of rotatable bonds is 2. The van der Waals surface area contributed by atoms with Crippen LogP contribution in [0.15, 0.2) is 54.6 Å². The van der Waals surface area contributed by atoms with Gasteiger partial charge in [0.25, 0.3) is 11.6 Å². The highest BCUT2D eigenvalue weighted by Gasteiger charge is 2.54. The second-order valence-electron chi connectivity index (χ2n) is 5.74. The fourth-order valence-corrected chi connectivity index (χ4v) is 4.60. The SMILES string of the molecule is O=C1Nc2sc(Cl)c(-c3ccccc3Cl)c2C(=O)C1(F)c1ccccc1. The molecule has 1 aromatic heterocycles. The van der Waals surface area contributed by atoms with E-state index >= 15 is 4.39 Å². The van der Waals surface area contributed by atoms with Gasteiger partial charge in [0.1, 0.15) is 9.34 Å². The Bertz CT molecular complexity index is 1050. The van der Waals surface area contributed by atoms with Gasteiger partial charge in [-0.3, -0.25) is 9.59 Å². The zero-order chi connectivity index (χ0) is 18.5. The number of nitrogens with one attached hydrogen (secondary N) is 1. The van der Waals surface area contributed by atoms with Crippen molar-refractivity contribution < 1.29 is 14.0 Å². The Morgan fingerprint density at radius 1 is 0.923 bits per heavy atom. The van der Waals surface area contributed by atoms with Gasteiger partial charge in [0.05, 0.1) is 5.56 Å². The second-order valence-corrected chi connectivity index (χ2v) is 7.77. The van der Waals surface area contributed by atoms with E-state index in [1.54, 1.807) is 42.5 Å². The lowest BCUT2D eigenvalue weighted by Crippen LogP contribution is -2.47. The monoisotopic (exact) mass is 405 g/mol. The van der Waals surface area contributed by atoms with E-state index in [0.29, 0.717) is 16.1 Å². The van der Waals surface area contributed by atoms with Crippen LogP contribution in [0.5, 0.6) is 0 Å². The van der Waals surface area contributed by atoms with Gasteiger partial charge in [-0.15, -0.1) is 11.3 Å². The molecule has 130 valence electrons. The van der Waals surface area contributed by atoms with E-state index in [1.807, 2.05) is 0 Å². The molecule has 1 aliphatic rings.